The molecule has 7 heteroatoms. The Morgan fingerprint density at radius 2 is 1.97 bits per heavy atom. The Labute approximate surface area is 185 Å². The molecule has 31 heavy (non-hydrogen) atoms. The molecule has 0 radical (unpaired) electrons. The van der Waals surface area contributed by atoms with Crippen LogP contribution in [0.1, 0.15) is 32.3 Å². The summed E-state index contributed by atoms with van der Waals surface area (Å²) in [6, 6.07) is 7.99. The van der Waals surface area contributed by atoms with Crippen molar-refractivity contribution in [1.82, 2.24) is 24.8 Å². The Bertz CT molecular complexity index is 999. The molecule has 2 bridgehead atoms. The van der Waals surface area contributed by atoms with Crippen LogP contribution < -0.4 is 10.1 Å². The van der Waals surface area contributed by atoms with Crippen molar-refractivity contribution < 1.29 is 4.74 Å². The van der Waals surface area contributed by atoms with Gasteiger partial charge in [-0.05, 0) is 37.6 Å². The molecule has 0 aliphatic carbocycles. The van der Waals surface area contributed by atoms with Gasteiger partial charge in [0.25, 0.3) is 0 Å². The Morgan fingerprint density at radius 1 is 1.13 bits per heavy atom. The van der Waals surface area contributed by atoms with E-state index in [4.69, 9.17) is 4.74 Å². The Morgan fingerprint density at radius 3 is 2.81 bits per heavy atom. The lowest BCUT2D eigenvalue weighted by molar-refractivity contribution is 0.269. The fourth-order valence-corrected chi connectivity index (χ4v) is 3.55. The second kappa shape index (κ2) is 10.8. The van der Waals surface area contributed by atoms with E-state index in [1.54, 1.807) is 6.33 Å². The van der Waals surface area contributed by atoms with E-state index in [9.17, 15) is 0 Å². The summed E-state index contributed by atoms with van der Waals surface area (Å²) in [7, 11) is 4.24. The molecule has 2 N–H and O–H groups in total. The topological polar surface area (TPSA) is 69.3 Å². The zero-order valence-corrected chi connectivity index (χ0v) is 19.1. The van der Waals surface area contributed by atoms with Gasteiger partial charge in [-0.25, -0.2) is 9.97 Å². The molecule has 7 nitrogen and oxygen atoms in total. The molecule has 0 amide bonds. The zero-order valence-electron chi connectivity index (χ0n) is 19.1. The number of aromatic amines is 1. The van der Waals surface area contributed by atoms with Crippen molar-refractivity contribution in [2.45, 2.75) is 33.2 Å². The number of fused-ring (bicyclic) bond motifs is 2. The van der Waals surface area contributed by atoms with Gasteiger partial charge in [0.15, 0.2) is 0 Å². The van der Waals surface area contributed by atoms with Gasteiger partial charge in [0, 0.05) is 50.3 Å². The minimum Gasteiger partial charge on any atom is -0.494 e. The van der Waals surface area contributed by atoms with Gasteiger partial charge in [0.1, 0.15) is 23.5 Å². The van der Waals surface area contributed by atoms with E-state index in [0.29, 0.717) is 6.61 Å². The maximum absolute atomic E-state index is 5.95. The highest BCUT2D eigenvalue weighted by Crippen LogP contribution is 2.28. The van der Waals surface area contributed by atoms with Crippen molar-refractivity contribution in [1.29, 1.82) is 0 Å². The zero-order chi connectivity index (χ0) is 22.2. The van der Waals surface area contributed by atoms with Gasteiger partial charge >= 0.3 is 0 Å². The minimum absolute atomic E-state index is 0.663. The number of ether oxygens (including phenoxy) is 1. The number of benzene rings is 1. The highest BCUT2D eigenvalue weighted by atomic mass is 16.5. The van der Waals surface area contributed by atoms with Gasteiger partial charge in [-0.15, -0.1) is 0 Å². The first-order chi connectivity index (χ1) is 15.1. The first kappa shape index (κ1) is 22.6. The van der Waals surface area contributed by atoms with Crippen molar-refractivity contribution in [3.05, 3.63) is 54.6 Å². The molecule has 3 heterocycles. The molecular weight excluding hydrogens is 388 g/mol. The number of H-pyrrole nitrogens is 1. The van der Waals surface area contributed by atoms with Gasteiger partial charge in [0.05, 0.1) is 12.0 Å². The number of rotatable bonds is 0. The molecule has 1 aliphatic heterocycles. The van der Waals surface area contributed by atoms with Crippen LogP contribution in [0.15, 0.2) is 49.1 Å². The second-order valence-electron chi connectivity index (χ2n) is 7.59. The molecular formula is C24H34N6O. The fraction of sp³-hybridized carbons (Fsp3) is 0.417. The summed E-state index contributed by atoms with van der Waals surface area (Å²) in [5.41, 5.74) is 4.09. The van der Waals surface area contributed by atoms with Crippen LogP contribution >= 0.6 is 0 Å². The number of nitrogens with one attached hydrogen (secondary N) is 2. The summed E-state index contributed by atoms with van der Waals surface area (Å²) < 4.78 is 5.95. The number of likely N-dealkylation sites (N-methyl/N-ethyl adjacent to an activating group) is 2. The van der Waals surface area contributed by atoms with Crippen LogP contribution in [0.3, 0.4) is 0 Å². The lowest BCUT2D eigenvalue weighted by Gasteiger charge is -2.25. The maximum Gasteiger partial charge on any atom is 0.143 e. The van der Waals surface area contributed by atoms with Crippen LogP contribution in [-0.4, -0.2) is 58.5 Å². The lowest BCUT2D eigenvalue weighted by atomic mass is 10.2. The van der Waals surface area contributed by atoms with E-state index in [0.717, 1.165) is 66.5 Å². The number of allylic oxidation sites excluding steroid dienone is 1. The third-order valence-electron chi connectivity index (χ3n) is 5.32. The number of aromatic nitrogens is 3. The normalized spacial score (nSPS) is 16.0. The molecule has 2 aromatic heterocycles. The largest absolute Gasteiger partial charge is 0.494 e. The average Bonchev–Trinajstić information content (AvgIpc) is 3.19. The molecule has 0 fully saturated rings. The third kappa shape index (κ3) is 5.76. The van der Waals surface area contributed by atoms with Gasteiger partial charge in [-0.2, -0.15) is 0 Å². The van der Waals surface area contributed by atoms with E-state index in [1.165, 1.54) is 5.56 Å². The Balaban J connectivity index is 0.00000132. The van der Waals surface area contributed by atoms with Crippen molar-refractivity contribution in [3.8, 4) is 5.75 Å². The molecule has 0 unspecified atom stereocenters. The van der Waals surface area contributed by atoms with Gasteiger partial charge in [0.2, 0.25) is 0 Å². The predicted molar refractivity (Wildman–Crippen MR) is 128 cm³/mol. The molecule has 3 aromatic rings. The first-order valence-electron chi connectivity index (χ1n) is 11.0. The summed E-state index contributed by atoms with van der Waals surface area (Å²) in [5, 5.41) is 4.47. The fourth-order valence-electron chi connectivity index (χ4n) is 3.55. The highest BCUT2D eigenvalue weighted by Gasteiger charge is 2.14. The number of hydrogen-bond acceptors (Lipinski definition) is 6. The third-order valence-corrected chi connectivity index (χ3v) is 5.32. The van der Waals surface area contributed by atoms with Crippen LogP contribution in [0.5, 0.6) is 5.75 Å². The summed E-state index contributed by atoms with van der Waals surface area (Å²) in [4.78, 5) is 16.7. The van der Waals surface area contributed by atoms with Crippen molar-refractivity contribution >= 4 is 22.5 Å². The van der Waals surface area contributed by atoms with E-state index in [-0.39, 0.29) is 0 Å². The summed E-state index contributed by atoms with van der Waals surface area (Å²) >= 11 is 0. The summed E-state index contributed by atoms with van der Waals surface area (Å²) in [5.74, 6) is 1.64. The van der Waals surface area contributed by atoms with Crippen LogP contribution in [0.4, 0.5) is 11.5 Å². The summed E-state index contributed by atoms with van der Waals surface area (Å²) in [6.07, 6.45) is 5.47. The predicted octanol–water partition coefficient (Wildman–Crippen LogP) is 4.78. The Kier molecular flexibility index (Phi) is 7.89. The maximum atomic E-state index is 5.95. The minimum atomic E-state index is 0.663. The Hall–Kier alpha value is -3.06. The molecule has 0 saturated carbocycles. The lowest BCUT2D eigenvalue weighted by Crippen LogP contribution is -2.30. The van der Waals surface area contributed by atoms with Crippen LogP contribution in [0.2, 0.25) is 0 Å². The van der Waals surface area contributed by atoms with Gasteiger partial charge < -0.3 is 24.8 Å². The van der Waals surface area contributed by atoms with Gasteiger partial charge in [-0.1, -0.05) is 26.5 Å². The molecule has 1 aromatic carbocycles. The van der Waals surface area contributed by atoms with Crippen molar-refractivity contribution in [2.24, 2.45) is 0 Å². The van der Waals surface area contributed by atoms with E-state index in [2.05, 4.69) is 50.7 Å². The number of anilines is 2. The number of hydrogen-bond donors (Lipinski definition) is 2. The SMILES string of the molecule is C=C1CCCOc2cccc(c2)Nc2ncnc3[nH]cc(c23)CN(C)CCN1C.CC. The molecule has 1 aliphatic rings. The van der Waals surface area contributed by atoms with Crippen molar-refractivity contribution in [3.63, 3.8) is 0 Å². The first-order valence-corrected chi connectivity index (χ1v) is 11.0. The molecule has 0 saturated heterocycles. The van der Waals surface area contributed by atoms with E-state index in [1.807, 2.05) is 44.3 Å². The van der Waals surface area contributed by atoms with E-state index < -0.39 is 0 Å². The molecule has 166 valence electrons. The standard InChI is InChI=1S/C22H28N6O.C2H6/c1-16-6-5-11-29-19-8-4-7-18(12-19)26-22-20-17(13-23-21(20)24-15-25-22)14-27(2)9-10-28(16)3;1-2/h4,7-8,12-13,15H,1,5-6,9-11,14H2,2-3H3,(H2,23,24,25,26);1-2H3. The van der Waals surface area contributed by atoms with Crippen LogP contribution in [0.25, 0.3) is 11.0 Å². The van der Waals surface area contributed by atoms with Crippen LogP contribution in [0, 0.1) is 0 Å². The average molecular weight is 423 g/mol. The highest BCUT2D eigenvalue weighted by molar-refractivity contribution is 5.92. The number of nitrogens with zero attached hydrogens (tertiary/aromatic N) is 4. The second-order valence-corrected chi connectivity index (χ2v) is 7.59. The molecule has 0 atom stereocenters. The summed E-state index contributed by atoms with van der Waals surface area (Å²) in [6.45, 7) is 11.6. The van der Waals surface area contributed by atoms with Gasteiger partial charge in [-0.3, -0.25) is 0 Å². The van der Waals surface area contributed by atoms with Crippen LogP contribution in [-0.2, 0) is 6.54 Å². The molecule has 0 spiro atoms. The molecule has 4 rings (SSSR count). The smallest absolute Gasteiger partial charge is 0.143 e. The monoisotopic (exact) mass is 422 g/mol. The van der Waals surface area contributed by atoms with E-state index >= 15 is 0 Å². The van der Waals surface area contributed by atoms with Crippen molar-refractivity contribution in [2.75, 3.05) is 39.1 Å². The quantitative estimate of drug-likeness (QED) is 0.543.